The summed E-state index contributed by atoms with van der Waals surface area (Å²) in [5.41, 5.74) is 2.36. The fraction of sp³-hybridized carbons (Fsp3) is 0.0909. The van der Waals surface area contributed by atoms with E-state index in [0.29, 0.717) is 16.8 Å². The first kappa shape index (κ1) is 19.6. The second kappa shape index (κ2) is 7.61. The monoisotopic (exact) mass is 462 g/mol. The average Bonchev–Trinajstić information content (AvgIpc) is 3.05. The molecule has 1 aliphatic heterocycles. The Hall–Kier alpha value is -3.70. The van der Waals surface area contributed by atoms with Crippen LogP contribution in [0, 0.1) is 18.3 Å². The second-order valence-corrected chi connectivity index (χ2v) is 7.69. The van der Waals surface area contributed by atoms with Crippen LogP contribution in [0.1, 0.15) is 11.1 Å². The number of barbiturate groups is 1. The molecular formula is C22H15BrN4O3. The minimum Gasteiger partial charge on any atom is -0.333 e. The van der Waals surface area contributed by atoms with Crippen LogP contribution in [-0.4, -0.2) is 22.4 Å². The molecule has 4 amide bonds. The number of benzene rings is 2. The molecule has 0 aliphatic carbocycles. The maximum absolute atomic E-state index is 13.2. The Morgan fingerprint density at radius 1 is 1.17 bits per heavy atom. The number of rotatable bonds is 3. The molecule has 2 aromatic carbocycles. The van der Waals surface area contributed by atoms with Gasteiger partial charge in [-0.2, -0.15) is 5.26 Å². The molecule has 1 aromatic heterocycles. The number of anilines is 1. The predicted molar refractivity (Wildman–Crippen MR) is 115 cm³/mol. The molecule has 7 nitrogen and oxygen atoms in total. The molecule has 0 saturated carbocycles. The largest absolute Gasteiger partial charge is 0.335 e. The highest BCUT2D eigenvalue weighted by atomic mass is 79.9. The number of urea groups is 1. The van der Waals surface area contributed by atoms with Gasteiger partial charge >= 0.3 is 6.03 Å². The summed E-state index contributed by atoms with van der Waals surface area (Å²) in [6.45, 7) is 1.91. The Labute approximate surface area is 180 Å². The first-order chi connectivity index (χ1) is 14.4. The molecule has 0 unspecified atom stereocenters. The van der Waals surface area contributed by atoms with E-state index in [-0.39, 0.29) is 12.1 Å². The van der Waals surface area contributed by atoms with Crippen molar-refractivity contribution < 1.29 is 14.4 Å². The molecule has 1 fully saturated rings. The Bertz CT molecular complexity index is 1300. The fourth-order valence-electron chi connectivity index (χ4n) is 3.50. The summed E-state index contributed by atoms with van der Waals surface area (Å²) in [6, 6.07) is 13.8. The van der Waals surface area contributed by atoms with Gasteiger partial charge in [0.2, 0.25) is 0 Å². The number of amides is 4. The van der Waals surface area contributed by atoms with Crippen molar-refractivity contribution in [2.75, 3.05) is 4.90 Å². The maximum Gasteiger partial charge on any atom is 0.335 e. The molecule has 0 radical (unpaired) electrons. The first-order valence-corrected chi connectivity index (χ1v) is 9.82. The molecule has 148 valence electrons. The third kappa shape index (κ3) is 3.29. The maximum atomic E-state index is 13.2. The van der Waals surface area contributed by atoms with Crippen molar-refractivity contribution >= 4 is 56.4 Å². The summed E-state index contributed by atoms with van der Waals surface area (Å²) in [5, 5.41) is 12.1. The molecular weight excluding hydrogens is 448 g/mol. The number of nitrogens with zero attached hydrogens (tertiary/aromatic N) is 3. The molecule has 1 N–H and O–H groups in total. The number of nitrogens with one attached hydrogen (secondary N) is 1. The van der Waals surface area contributed by atoms with Gasteiger partial charge in [-0.15, -0.1) is 0 Å². The summed E-state index contributed by atoms with van der Waals surface area (Å²) in [4.78, 5) is 39.1. The van der Waals surface area contributed by atoms with Gasteiger partial charge in [-0.05, 0) is 42.8 Å². The highest BCUT2D eigenvalue weighted by molar-refractivity contribution is 9.10. The van der Waals surface area contributed by atoms with E-state index in [9.17, 15) is 14.4 Å². The van der Waals surface area contributed by atoms with Gasteiger partial charge in [-0.25, -0.2) is 9.69 Å². The third-order valence-corrected chi connectivity index (χ3v) is 5.35. The van der Waals surface area contributed by atoms with E-state index in [0.717, 1.165) is 20.3 Å². The van der Waals surface area contributed by atoms with Crippen molar-refractivity contribution in [2.24, 2.45) is 0 Å². The summed E-state index contributed by atoms with van der Waals surface area (Å²) in [6.07, 6.45) is 3.18. The normalized spacial score (nSPS) is 15.6. The molecule has 2 heterocycles. The van der Waals surface area contributed by atoms with Gasteiger partial charge in [-0.1, -0.05) is 34.1 Å². The van der Waals surface area contributed by atoms with Crippen molar-refractivity contribution in [3.05, 3.63) is 69.8 Å². The van der Waals surface area contributed by atoms with Crippen LogP contribution in [0.25, 0.3) is 17.0 Å². The molecule has 1 saturated heterocycles. The Kier molecular flexibility index (Phi) is 4.98. The van der Waals surface area contributed by atoms with Crippen LogP contribution < -0.4 is 10.2 Å². The quantitative estimate of drug-likeness (QED) is 0.471. The molecule has 4 rings (SSSR count). The van der Waals surface area contributed by atoms with Gasteiger partial charge in [0.1, 0.15) is 12.1 Å². The number of aromatic nitrogens is 1. The van der Waals surface area contributed by atoms with E-state index in [1.807, 2.05) is 24.3 Å². The summed E-state index contributed by atoms with van der Waals surface area (Å²) < 4.78 is 2.56. The molecule has 0 spiro atoms. The summed E-state index contributed by atoms with van der Waals surface area (Å²) in [7, 11) is 0. The van der Waals surface area contributed by atoms with Crippen LogP contribution in [0.5, 0.6) is 0 Å². The Morgan fingerprint density at radius 3 is 2.67 bits per heavy atom. The lowest BCUT2D eigenvalue weighted by Crippen LogP contribution is -2.54. The molecule has 0 atom stereocenters. The Morgan fingerprint density at radius 2 is 1.93 bits per heavy atom. The van der Waals surface area contributed by atoms with Gasteiger partial charge < -0.3 is 4.57 Å². The van der Waals surface area contributed by atoms with Gasteiger partial charge in [0.15, 0.2) is 0 Å². The minimum absolute atomic E-state index is 0.131. The lowest BCUT2D eigenvalue weighted by atomic mass is 10.1. The zero-order valence-corrected chi connectivity index (χ0v) is 17.4. The number of carbonyl (C=O) groups excluding carboxylic acids is 3. The van der Waals surface area contributed by atoms with E-state index in [4.69, 9.17) is 5.26 Å². The van der Waals surface area contributed by atoms with Gasteiger partial charge in [0.05, 0.1) is 11.8 Å². The summed E-state index contributed by atoms with van der Waals surface area (Å²) in [5.74, 6) is -1.46. The van der Waals surface area contributed by atoms with Gasteiger partial charge in [0.25, 0.3) is 11.8 Å². The molecule has 3 aromatic rings. The van der Waals surface area contributed by atoms with Crippen LogP contribution in [-0.2, 0) is 16.1 Å². The lowest BCUT2D eigenvalue weighted by molar-refractivity contribution is -0.122. The highest BCUT2D eigenvalue weighted by Crippen LogP contribution is 2.29. The molecule has 30 heavy (non-hydrogen) atoms. The van der Waals surface area contributed by atoms with Crippen LogP contribution in [0.2, 0.25) is 0 Å². The average molecular weight is 463 g/mol. The number of halogens is 1. The van der Waals surface area contributed by atoms with Crippen LogP contribution in [0.15, 0.2) is 58.7 Å². The first-order valence-electron chi connectivity index (χ1n) is 9.03. The second-order valence-electron chi connectivity index (χ2n) is 6.78. The number of hydrogen-bond acceptors (Lipinski definition) is 4. The van der Waals surface area contributed by atoms with E-state index in [2.05, 4.69) is 27.3 Å². The number of nitriles is 1. The number of fused-ring (bicyclic) bond motifs is 1. The van der Waals surface area contributed by atoms with Crippen LogP contribution in [0.4, 0.5) is 10.5 Å². The number of carbonyl (C=O) groups is 3. The number of aryl methyl sites for hydroxylation is 1. The summed E-state index contributed by atoms with van der Waals surface area (Å²) >= 11 is 3.36. The smallest absolute Gasteiger partial charge is 0.333 e. The van der Waals surface area contributed by atoms with Crippen molar-refractivity contribution in [2.45, 2.75) is 13.5 Å². The zero-order chi connectivity index (χ0) is 21.4. The van der Waals surface area contributed by atoms with E-state index in [1.54, 1.807) is 35.9 Å². The number of para-hydroxylation sites is 1. The van der Waals surface area contributed by atoms with Gasteiger partial charge in [-0.3, -0.25) is 14.9 Å². The van der Waals surface area contributed by atoms with E-state index in [1.165, 1.54) is 6.08 Å². The van der Waals surface area contributed by atoms with Crippen molar-refractivity contribution in [1.29, 1.82) is 5.26 Å². The van der Waals surface area contributed by atoms with Crippen LogP contribution >= 0.6 is 15.9 Å². The molecule has 1 aliphatic rings. The lowest BCUT2D eigenvalue weighted by Gasteiger charge is -2.27. The van der Waals surface area contributed by atoms with Crippen molar-refractivity contribution in [1.82, 2.24) is 9.88 Å². The SMILES string of the molecule is Cc1cc(Br)ccc1N1C(=O)NC(=O)/C(=C\c2cn(CC#N)c3ccccc23)C1=O. The standard InChI is InChI=1S/C22H15BrN4O3/c1-13-10-15(23)6-7-18(13)27-21(29)17(20(28)25-22(27)30)11-14-12-26(9-8-24)19-5-3-2-4-16(14)19/h2-7,10-12H,9H2,1H3,(H,25,28,30)/b17-11+. The fourth-order valence-corrected chi connectivity index (χ4v) is 3.97. The van der Waals surface area contributed by atoms with Gasteiger partial charge in [0, 0.05) is 27.1 Å². The topological polar surface area (TPSA) is 95.2 Å². The van der Waals surface area contributed by atoms with E-state index < -0.39 is 17.8 Å². The minimum atomic E-state index is -0.792. The number of imide groups is 2. The zero-order valence-electron chi connectivity index (χ0n) is 15.8. The van der Waals surface area contributed by atoms with E-state index >= 15 is 0 Å². The Balaban J connectivity index is 1.83. The van der Waals surface area contributed by atoms with Crippen molar-refractivity contribution in [3.63, 3.8) is 0 Å². The molecule has 0 bridgehead atoms. The number of hydrogen-bond donors (Lipinski definition) is 1. The highest BCUT2D eigenvalue weighted by Gasteiger charge is 2.37. The predicted octanol–water partition coefficient (Wildman–Crippen LogP) is 3.90. The van der Waals surface area contributed by atoms with Crippen LogP contribution in [0.3, 0.4) is 0 Å². The third-order valence-electron chi connectivity index (χ3n) is 4.86. The molecule has 8 heteroatoms. The van der Waals surface area contributed by atoms with Crippen molar-refractivity contribution in [3.8, 4) is 6.07 Å².